The van der Waals surface area contributed by atoms with Gasteiger partial charge in [0.15, 0.2) is 5.82 Å². The molecule has 1 saturated heterocycles. The smallest absolute Gasteiger partial charge is 0.282 e. The van der Waals surface area contributed by atoms with Gasteiger partial charge in [0.05, 0.1) is 34.3 Å². The highest BCUT2D eigenvalue weighted by Crippen LogP contribution is 2.38. The maximum atomic E-state index is 13.6. The normalized spacial score (nSPS) is 15.6. The number of nitrogens with one attached hydrogen (secondary N) is 1. The van der Waals surface area contributed by atoms with E-state index in [0.29, 0.717) is 51.6 Å². The van der Waals surface area contributed by atoms with Crippen molar-refractivity contribution in [1.29, 1.82) is 10.5 Å². The molecule has 5 heterocycles. The Labute approximate surface area is 193 Å². The lowest BCUT2D eigenvalue weighted by atomic mass is 10.1. The minimum absolute atomic E-state index is 0.218. The van der Waals surface area contributed by atoms with Gasteiger partial charge in [0.25, 0.3) is 5.56 Å². The van der Waals surface area contributed by atoms with Crippen LogP contribution in [0.1, 0.15) is 35.8 Å². The third kappa shape index (κ3) is 2.86. The van der Waals surface area contributed by atoms with Gasteiger partial charge in [0.2, 0.25) is 0 Å². The van der Waals surface area contributed by atoms with Crippen LogP contribution in [0.2, 0.25) is 0 Å². The summed E-state index contributed by atoms with van der Waals surface area (Å²) in [6.07, 6.45) is 6.45. The number of aromatic amines is 1. The Kier molecular flexibility index (Phi) is 4.39. The predicted octanol–water partition coefficient (Wildman–Crippen LogP) is 2.84. The Bertz CT molecular complexity index is 1710. The van der Waals surface area contributed by atoms with Crippen molar-refractivity contribution in [2.75, 3.05) is 11.4 Å². The van der Waals surface area contributed by atoms with Crippen molar-refractivity contribution < 1.29 is 0 Å². The second-order valence-corrected chi connectivity index (χ2v) is 8.09. The summed E-state index contributed by atoms with van der Waals surface area (Å²) in [7, 11) is 0. The summed E-state index contributed by atoms with van der Waals surface area (Å²) in [5, 5.41) is 24.5. The molecule has 1 N–H and O–H groups in total. The van der Waals surface area contributed by atoms with Crippen LogP contribution in [0.3, 0.4) is 0 Å². The SMILES string of the molecule is N#Cc1cccc(-n2c([C@@H]3CCCN3c3ncnc4[nH]cc(C#N)c34)nn3cccc3c2=O)c1. The van der Waals surface area contributed by atoms with Gasteiger partial charge in [-0.25, -0.2) is 14.5 Å². The minimum Gasteiger partial charge on any atom is -0.346 e. The summed E-state index contributed by atoms with van der Waals surface area (Å²) in [5.74, 6) is 1.17. The van der Waals surface area contributed by atoms with Crippen molar-refractivity contribution >= 4 is 22.4 Å². The monoisotopic (exact) mass is 447 g/mol. The standard InChI is InChI=1S/C24H17N9O/c25-11-15-4-1-5-17(10-15)33-22(30-32-9-3-7-19(32)24(33)34)18-6-2-8-31(18)23-20-16(12-26)13-27-21(20)28-14-29-23/h1,3-5,7,9-10,13-14,18H,2,6,8H2,(H,27,28,29)/t18-/m0/s1. The lowest BCUT2D eigenvalue weighted by Gasteiger charge is -2.27. The molecule has 0 aliphatic carbocycles. The lowest BCUT2D eigenvalue weighted by Crippen LogP contribution is -2.33. The first-order chi connectivity index (χ1) is 16.7. The van der Waals surface area contributed by atoms with Crippen molar-refractivity contribution in [3.63, 3.8) is 0 Å². The van der Waals surface area contributed by atoms with E-state index < -0.39 is 0 Å². The molecule has 0 amide bonds. The van der Waals surface area contributed by atoms with E-state index in [4.69, 9.17) is 5.10 Å². The number of anilines is 1. The number of rotatable bonds is 3. The zero-order valence-electron chi connectivity index (χ0n) is 17.9. The molecule has 10 heteroatoms. The van der Waals surface area contributed by atoms with E-state index in [1.54, 1.807) is 57.9 Å². The Morgan fingerprint density at radius 1 is 1.12 bits per heavy atom. The molecule has 1 aliphatic rings. The molecule has 10 nitrogen and oxygen atoms in total. The Morgan fingerprint density at radius 3 is 2.88 bits per heavy atom. The molecule has 0 unspecified atom stereocenters. The first-order valence-electron chi connectivity index (χ1n) is 10.8. The van der Waals surface area contributed by atoms with Crippen molar-refractivity contribution in [3.8, 4) is 17.8 Å². The summed E-state index contributed by atoms with van der Waals surface area (Å²) in [6.45, 7) is 0.685. The van der Waals surface area contributed by atoms with Crippen molar-refractivity contribution in [3.05, 3.63) is 82.4 Å². The largest absolute Gasteiger partial charge is 0.346 e. The van der Waals surface area contributed by atoms with Crippen LogP contribution in [0, 0.1) is 22.7 Å². The van der Waals surface area contributed by atoms with Crippen molar-refractivity contribution in [2.24, 2.45) is 0 Å². The highest BCUT2D eigenvalue weighted by molar-refractivity contribution is 5.93. The van der Waals surface area contributed by atoms with Crippen LogP contribution in [0.5, 0.6) is 0 Å². The van der Waals surface area contributed by atoms with Crippen LogP contribution in [-0.4, -0.2) is 35.7 Å². The van der Waals surface area contributed by atoms with Gasteiger partial charge in [-0.05, 0) is 43.2 Å². The van der Waals surface area contributed by atoms with E-state index in [1.165, 1.54) is 6.33 Å². The topological polar surface area (TPSA) is 132 Å². The van der Waals surface area contributed by atoms with Gasteiger partial charge in [-0.15, -0.1) is 0 Å². The summed E-state index contributed by atoms with van der Waals surface area (Å²) in [6, 6.07) is 14.5. The number of fused-ring (bicyclic) bond motifs is 2. The molecule has 1 fully saturated rings. The van der Waals surface area contributed by atoms with Crippen molar-refractivity contribution in [1.82, 2.24) is 29.1 Å². The number of hydrogen-bond acceptors (Lipinski definition) is 7. The molecular weight excluding hydrogens is 430 g/mol. The zero-order valence-corrected chi connectivity index (χ0v) is 17.9. The van der Waals surface area contributed by atoms with Crippen LogP contribution < -0.4 is 10.5 Å². The fourth-order valence-electron chi connectivity index (χ4n) is 4.72. The molecule has 1 aliphatic heterocycles. The van der Waals surface area contributed by atoms with Crippen LogP contribution >= 0.6 is 0 Å². The van der Waals surface area contributed by atoms with Gasteiger partial charge in [0, 0.05) is 18.9 Å². The number of nitrogens with zero attached hydrogens (tertiary/aromatic N) is 8. The number of benzene rings is 1. The Morgan fingerprint density at radius 2 is 2.03 bits per heavy atom. The van der Waals surface area contributed by atoms with Crippen LogP contribution in [0.15, 0.2) is 59.9 Å². The highest BCUT2D eigenvalue weighted by atomic mass is 16.1. The predicted molar refractivity (Wildman–Crippen MR) is 123 cm³/mol. The van der Waals surface area contributed by atoms with E-state index in [9.17, 15) is 15.3 Å². The maximum Gasteiger partial charge on any atom is 0.282 e. The average molecular weight is 447 g/mol. The molecule has 0 radical (unpaired) electrons. The summed E-state index contributed by atoms with van der Waals surface area (Å²) in [4.78, 5) is 27.5. The number of hydrogen-bond donors (Lipinski definition) is 1. The molecule has 1 atom stereocenters. The van der Waals surface area contributed by atoms with Gasteiger partial charge in [-0.1, -0.05) is 6.07 Å². The van der Waals surface area contributed by atoms with Crippen LogP contribution in [0.4, 0.5) is 5.82 Å². The lowest BCUT2D eigenvalue weighted by molar-refractivity contribution is 0.602. The molecule has 6 rings (SSSR count). The van der Waals surface area contributed by atoms with Gasteiger partial charge in [0.1, 0.15) is 29.4 Å². The van der Waals surface area contributed by atoms with Gasteiger partial charge < -0.3 is 9.88 Å². The molecular formula is C24H17N9O. The van der Waals surface area contributed by atoms with Crippen LogP contribution in [-0.2, 0) is 0 Å². The Balaban J connectivity index is 1.60. The van der Waals surface area contributed by atoms with Gasteiger partial charge in [-0.3, -0.25) is 9.36 Å². The van der Waals surface area contributed by atoms with E-state index in [0.717, 1.165) is 12.8 Å². The molecule has 34 heavy (non-hydrogen) atoms. The summed E-state index contributed by atoms with van der Waals surface area (Å²) >= 11 is 0. The van der Waals surface area contributed by atoms with Gasteiger partial charge in [-0.2, -0.15) is 15.6 Å². The van der Waals surface area contributed by atoms with E-state index in [2.05, 4.69) is 32.0 Å². The summed E-state index contributed by atoms with van der Waals surface area (Å²) in [5.41, 5.74) is 2.30. The molecule has 164 valence electrons. The minimum atomic E-state index is -0.273. The fraction of sp³-hybridized carbons (Fsp3) is 0.167. The third-order valence-electron chi connectivity index (χ3n) is 6.22. The first kappa shape index (κ1) is 19.7. The third-order valence-corrected chi connectivity index (χ3v) is 6.22. The molecule has 5 aromatic rings. The second kappa shape index (κ2) is 7.57. The van der Waals surface area contributed by atoms with E-state index in [-0.39, 0.29) is 11.6 Å². The molecule has 4 aromatic heterocycles. The summed E-state index contributed by atoms with van der Waals surface area (Å²) < 4.78 is 3.17. The maximum absolute atomic E-state index is 13.6. The number of aromatic nitrogens is 6. The number of H-pyrrole nitrogens is 1. The van der Waals surface area contributed by atoms with Gasteiger partial charge >= 0.3 is 0 Å². The molecule has 0 bridgehead atoms. The van der Waals surface area contributed by atoms with Crippen molar-refractivity contribution in [2.45, 2.75) is 18.9 Å². The molecule has 1 aromatic carbocycles. The first-order valence-corrected chi connectivity index (χ1v) is 10.8. The number of nitriles is 2. The quantitative estimate of drug-likeness (QED) is 0.450. The fourth-order valence-corrected chi connectivity index (χ4v) is 4.72. The highest BCUT2D eigenvalue weighted by Gasteiger charge is 2.34. The van der Waals surface area contributed by atoms with E-state index >= 15 is 0 Å². The Hall–Kier alpha value is -4.96. The average Bonchev–Trinajstić information content (AvgIpc) is 3.62. The second-order valence-electron chi connectivity index (χ2n) is 8.09. The van der Waals surface area contributed by atoms with E-state index in [1.807, 2.05) is 0 Å². The molecule has 0 saturated carbocycles. The zero-order chi connectivity index (χ0) is 23.2. The molecule has 0 spiro atoms. The van der Waals surface area contributed by atoms with Crippen LogP contribution in [0.25, 0.3) is 22.2 Å².